The number of anilines is 2. The number of hydrogen-bond acceptors (Lipinski definition) is 4. The van der Waals surface area contributed by atoms with Crippen LogP contribution in [0.25, 0.3) is 27.6 Å². The van der Waals surface area contributed by atoms with Gasteiger partial charge in [-0.15, -0.1) is 0 Å². The summed E-state index contributed by atoms with van der Waals surface area (Å²) >= 11 is 0. The van der Waals surface area contributed by atoms with Crippen molar-refractivity contribution >= 4 is 33.2 Å². The van der Waals surface area contributed by atoms with E-state index in [4.69, 9.17) is 9.72 Å². The van der Waals surface area contributed by atoms with E-state index in [2.05, 4.69) is 239 Å². The Kier molecular flexibility index (Phi) is 10.5. The molecule has 0 radical (unpaired) electrons. The van der Waals surface area contributed by atoms with Gasteiger partial charge in [-0.05, 0) is 81.6 Å². The largest absolute Gasteiger partial charge is 0.457 e. The number of ether oxygens (including phenoxy) is 1. The van der Waals surface area contributed by atoms with Gasteiger partial charge in [0.1, 0.15) is 17.3 Å². The van der Waals surface area contributed by atoms with E-state index in [0.29, 0.717) is 6.67 Å². The lowest BCUT2D eigenvalue weighted by molar-refractivity contribution is 0.444. The summed E-state index contributed by atoms with van der Waals surface area (Å²) in [6, 6.07) is 46.2. The number of aromatic nitrogens is 2. The lowest BCUT2D eigenvalue weighted by Crippen LogP contribution is -2.31. The third kappa shape index (κ3) is 7.91. The summed E-state index contributed by atoms with van der Waals surface area (Å²) in [6.45, 7) is 33.1. The maximum absolute atomic E-state index is 7.11. The van der Waals surface area contributed by atoms with Crippen molar-refractivity contribution in [3.63, 3.8) is 0 Å². The molecule has 0 unspecified atom stereocenters. The molecule has 0 saturated heterocycles. The first-order chi connectivity index (χ1) is 29.0. The van der Waals surface area contributed by atoms with Crippen molar-refractivity contribution in [2.45, 2.75) is 113 Å². The first-order valence-corrected chi connectivity index (χ1v) is 22.3. The lowest BCUT2D eigenvalue weighted by atomic mass is 9.76. The van der Waals surface area contributed by atoms with Crippen molar-refractivity contribution in [1.82, 2.24) is 9.55 Å². The van der Waals surface area contributed by atoms with Crippen molar-refractivity contribution < 1.29 is 4.74 Å². The minimum absolute atomic E-state index is 0.0330. The Morgan fingerprint density at radius 3 is 1.66 bits per heavy atom. The normalized spacial score (nSPS) is 14.4. The predicted octanol–water partition coefficient (Wildman–Crippen LogP) is 15.5. The molecular weight excluding hydrogens is 757 g/mol. The number of hydrogen-bond donors (Lipinski definition) is 0. The highest BCUT2D eigenvalue weighted by molar-refractivity contribution is 6.11. The molecule has 0 bridgehead atoms. The summed E-state index contributed by atoms with van der Waals surface area (Å²) in [7, 11) is 0. The van der Waals surface area contributed by atoms with E-state index in [9.17, 15) is 0 Å². The van der Waals surface area contributed by atoms with Gasteiger partial charge in [-0.3, -0.25) is 4.57 Å². The van der Waals surface area contributed by atoms with E-state index < -0.39 is 0 Å². The van der Waals surface area contributed by atoms with Crippen LogP contribution in [0.4, 0.5) is 11.4 Å². The molecule has 1 aliphatic heterocycles. The highest BCUT2D eigenvalue weighted by atomic mass is 16.5. The maximum Gasteiger partial charge on any atom is 0.137 e. The van der Waals surface area contributed by atoms with Crippen LogP contribution in [0.2, 0.25) is 0 Å². The van der Waals surface area contributed by atoms with Crippen LogP contribution >= 0.6 is 0 Å². The maximum atomic E-state index is 7.11. The Morgan fingerprint density at radius 2 is 1.03 bits per heavy atom. The van der Waals surface area contributed by atoms with Gasteiger partial charge in [0.2, 0.25) is 0 Å². The monoisotopic (exact) mass is 823 g/mol. The van der Waals surface area contributed by atoms with E-state index in [1.165, 1.54) is 50.1 Å². The Morgan fingerprint density at radius 1 is 0.468 bits per heavy atom. The van der Waals surface area contributed by atoms with Gasteiger partial charge >= 0.3 is 0 Å². The van der Waals surface area contributed by atoms with Gasteiger partial charge in [0, 0.05) is 68.1 Å². The van der Waals surface area contributed by atoms with Gasteiger partial charge in [-0.2, -0.15) is 0 Å². The van der Waals surface area contributed by atoms with Crippen LogP contribution in [-0.4, -0.2) is 16.2 Å². The van der Waals surface area contributed by atoms with Crippen molar-refractivity contribution in [3.8, 4) is 17.3 Å². The Hall–Kier alpha value is -5.81. The van der Waals surface area contributed by atoms with Gasteiger partial charge in [-0.25, -0.2) is 4.98 Å². The summed E-state index contributed by atoms with van der Waals surface area (Å²) in [5, 5.41) is 2.40. The van der Waals surface area contributed by atoms with Crippen LogP contribution in [0.3, 0.4) is 0 Å². The second-order valence-electron chi connectivity index (χ2n) is 22.0. The molecule has 0 saturated carbocycles. The fourth-order valence-corrected chi connectivity index (χ4v) is 9.36. The summed E-state index contributed by atoms with van der Waals surface area (Å²) in [4.78, 5) is 10.1. The molecule has 5 heteroatoms. The zero-order chi connectivity index (χ0) is 44.6. The van der Waals surface area contributed by atoms with Crippen molar-refractivity contribution in [1.29, 1.82) is 0 Å². The van der Waals surface area contributed by atoms with E-state index >= 15 is 0 Å². The fourth-order valence-electron chi connectivity index (χ4n) is 9.36. The molecule has 0 amide bonds. The average Bonchev–Trinajstić information content (AvgIpc) is 3.79. The topological polar surface area (TPSA) is 33.5 Å². The summed E-state index contributed by atoms with van der Waals surface area (Å²) < 4.78 is 9.44. The molecule has 0 spiro atoms. The smallest absolute Gasteiger partial charge is 0.137 e. The van der Waals surface area contributed by atoms with Crippen LogP contribution in [0, 0.1) is 10.8 Å². The standard InChI is InChI=1S/C57H66N4O/c1-53(2,3)39-24-20-25-41(32-39)59-37-60(52(56(10,11)12)51(59)55(7,8)9)42-26-21-27-43(34-42)62-44-35-46(57(13,14)38-22-16-15-17-23-38)50-45-28-18-19-29-47(45)61(48(50)36-44)49-33-40(30-31-58-49)54(4,5)6/h15-36H,37H2,1-14H3. The summed E-state index contributed by atoms with van der Waals surface area (Å²) in [5.41, 5.74) is 11.6. The molecule has 8 rings (SSSR count). The third-order valence-electron chi connectivity index (χ3n) is 12.6. The average molecular weight is 823 g/mol. The minimum Gasteiger partial charge on any atom is -0.457 e. The molecule has 0 N–H and O–H groups in total. The van der Waals surface area contributed by atoms with Gasteiger partial charge in [0.05, 0.1) is 17.7 Å². The molecule has 5 nitrogen and oxygen atoms in total. The van der Waals surface area contributed by atoms with E-state index in [1.807, 2.05) is 6.20 Å². The third-order valence-corrected chi connectivity index (χ3v) is 12.6. The van der Waals surface area contributed by atoms with E-state index in [0.717, 1.165) is 34.0 Å². The first kappa shape index (κ1) is 42.9. The molecule has 1 aliphatic rings. The molecule has 0 atom stereocenters. The first-order valence-electron chi connectivity index (χ1n) is 22.3. The molecule has 320 valence electrons. The van der Waals surface area contributed by atoms with Crippen LogP contribution in [0.1, 0.15) is 119 Å². The highest BCUT2D eigenvalue weighted by Gasteiger charge is 2.42. The number of fused-ring (bicyclic) bond motifs is 3. The van der Waals surface area contributed by atoms with Gasteiger partial charge < -0.3 is 14.5 Å². The van der Waals surface area contributed by atoms with Crippen LogP contribution in [0.15, 0.2) is 145 Å². The second kappa shape index (κ2) is 15.2. The summed E-state index contributed by atoms with van der Waals surface area (Å²) in [5.74, 6) is 2.47. The van der Waals surface area contributed by atoms with Gasteiger partial charge in [0.25, 0.3) is 0 Å². The Labute approximate surface area is 371 Å². The van der Waals surface area contributed by atoms with Crippen LogP contribution in [0.5, 0.6) is 11.5 Å². The van der Waals surface area contributed by atoms with E-state index in [-0.39, 0.29) is 27.1 Å². The number of rotatable bonds is 7. The van der Waals surface area contributed by atoms with E-state index in [1.54, 1.807) is 0 Å². The number of allylic oxidation sites excluding steroid dienone is 2. The molecule has 0 aliphatic carbocycles. The van der Waals surface area contributed by atoms with Gasteiger partial charge in [-0.1, -0.05) is 164 Å². The van der Waals surface area contributed by atoms with Gasteiger partial charge in [0.15, 0.2) is 0 Å². The quantitative estimate of drug-likeness (QED) is 0.160. The molecule has 2 aromatic heterocycles. The number of para-hydroxylation sites is 1. The molecule has 5 aromatic carbocycles. The fraction of sp³-hybridized carbons (Fsp3) is 0.351. The minimum atomic E-state index is -0.352. The number of benzene rings is 5. The molecule has 7 aromatic rings. The molecule has 62 heavy (non-hydrogen) atoms. The second-order valence-corrected chi connectivity index (χ2v) is 22.0. The van der Waals surface area contributed by atoms with Crippen molar-refractivity contribution in [2.24, 2.45) is 10.8 Å². The van der Waals surface area contributed by atoms with Crippen LogP contribution in [-0.2, 0) is 16.2 Å². The van der Waals surface area contributed by atoms with Crippen molar-refractivity contribution in [2.75, 3.05) is 16.5 Å². The molecule has 3 heterocycles. The zero-order valence-corrected chi connectivity index (χ0v) is 39.6. The van der Waals surface area contributed by atoms with Crippen molar-refractivity contribution in [3.05, 3.63) is 167 Å². The SMILES string of the molecule is CC(C)(C)C1=C(C(C)(C)C)N(c2cccc(C(C)(C)C)c2)CN1c1cccc(Oc2cc(C(C)(C)c3ccccc3)c3c4ccccc4n(-c4cc(C(C)(C)C)ccn4)c3c2)c1. The highest BCUT2D eigenvalue weighted by Crippen LogP contribution is 2.49. The Bertz CT molecular complexity index is 2810. The number of nitrogens with zero attached hydrogens (tertiary/aromatic N) is 4. The lowest BCUT2D eigenvalue weighted by Gasteiger charge is -2.34. The molecular formula is C57H66N4O. The Balaban J connectivity index is 1.30. The van der Waals surface area contributed by atoms with Crippen LogP contribution < -0.4 is 14.5 Å². The molecule has 0 fully saturated rings. The predicted molar refractivity (Wildman–Crippen MR) is 263 cm³/mol. The summed E-state index contributed by atoms with van der Waals surface area (Å²) in [6.07, 6.45) is 1.95. The zero-order valence-electron chi connectivity index (χ0n) is 39.6. The number of pyridine rings is 1.